The van der Waals surface area contributed by atoms with Crippen LogP contribution < -0.4 is 4.74 Å². The predicted molar refractivity (Wildman–Crippen MR) is 93.7 cm³/mol. The molecule has 0 unspecified atom stereocenters. The van der Waals surface area contributed by atoms with E-state index in [0.717, 1.165) is 15.4 Å². The number of hydrogen-bond donors (Lipinski definition) is 1. The van der Waals surface area contributed by atoms with Crippen molar-refractivity contribution in [2.24, 2.45) is 0 Å². The van der Waals surface area contributed by atoms with E-state index < -0.39 is 23.5 Å². The molecule has 0 saturated carbocycles. The highest BCUT2D eigenvalue weighted by atomic mass is 79.9. The van der Waals surface area contributed by atoms with Crippen LogP contribution in [0.5, 0.6) is 5.75 Å². The van der Waals surface area contributed by atoms with Crippen LogP contribution in [0.3, 0.4) is 0 Å². The van der Waals surface area contributed by atoms with Crippen LogP contribution in [0.2, 0.25) is 0 Å². The third-order valence-electron chi connectivity index (χ3n) is 3.50. The van der Waals surface area contributed by atoms with Crippen molar-refractivity contribution in [1.29, 1.82) is 0 Å². The van der Waals surface area contributed by atoms with Gasteiger partial charge in [-0.1, -0.05) is 34.1 Å². The SMILES string of the molecule is O=C(O)CCN(Cc1cccc(F)c1F)C(=O)COc1cccc(Br)c1. The quantitative estimate of drug-likeness (QED) is 0.698. The Bertz CT molecular complexity index is 801. The summed E-state index contributed by atoms with van der Waals surface area (Å²) in [5.74, 6) is -3.28. The van der Waals surface area contributed by atoms with Gasteiger partial charge in [0.1, 0.15) is 5.75 Å². The minimum absolute atomic E-state index is 0.0359. The number of aliphatic carboxylic acids is 1. The first-order valence-corrected chi connectivity index (χ1v) is 8.47. The van der Waals surface area contributed by atoms with Gasteiger partial charge < -0.3 is 14.7 Å². The smallest absolute Gasteiger partial charge is 0.305 e. The standard InChI is InChI=1S/C18H16BrF2NO4/c19-13-4-2-5-14(9-13)26-11-16(23)22(8-7-17(24)25)10-12-3-1-6-15(20)18(12)21/h1-6,9H,7-8,10-11H2,(H,24,25). The molecule has 0 aromatic heterocycles. The number of amides is 1. The Morgan fingerprint density at radius 3 is 2.58 bits per heavy atom. The van der Waals surface area contributed by atoms with Crippen molar-refractivity contribution >= 4 is 27.8 Å². The summed E-state index contributed by atoms with van der Waals surface area (Å²) in [5.41, 5.74) is -0.0359. The van der Waals surface area contributed by atoms with Gasteiger partial charge in [-0.05, 0) is 24.3 Å². The Morgan fingerprint density at radius 2 is 1.88 bits per heavy atom. The van der Waals surface area contributed by atoms with Crippen molar-refractivity contribution in [1.82, 2.24) is 4.90 Å². The summed E-state index contributed by atoms with van der Waals surface area (Å²) in [5, 5.41) is 8.84. The Labute approximate surface area is 157 Å². The Hall–Kier alpha value is -2.48. The van der Waals surface area contributed by atoms with Gasteiger partial charge in [-0.2, -0.15) is 0 Å². The van der Waals surface area contributed by atoms with E-state index in [9.17, 15) is 18.4 Å². The van der Waals surface area contributed by atoms with E-state index in [1.165, 1.54) is 12.1 Å². The molecular formula is C18H16BrF2NO4. The second-order valence-electron chi connectivity index (χ2n) is 5.42. The summed E-state index contributed by atoms with van der Waals surface area (Å²) in [4.78, 5) is 24.3. The van der Waals surface area contributed by atoms with Crippen LogP contribution in [0.4, 0.5) is 8.78 Å². The van der Waals surface area contributed by atoms with Crippen LogP contribution in [0, 0.1) is 11.6 Å². The van der Waals surface area contributed by atoms with E-state index >= 15 is 0 Å². The van der Waals surface area contributed by atoms with E-state index in [2.05, 4.69) is 15.9 Å². The molecule has 0 heterocycles. The molecule has 0 aliphatic heterocycles. The summed E-state index contributed by atoms with van der Waals surface area (Å²) in [6, 6.07) is 10.5. The monoisotopic (exact) mass is 427 g/mol. The number of carbonyl (C=O) groups is 2. The summed E-state index contributed by atoms with van der Waals surface area (Å²) < 4.78 is 33.4. The summed E-state index contributed by atoms with van der Waals surface area (Å²) in [6.07, 6.45) is -0.320. The van der Waals surface area contributed by atoms with Gasteiger partial charge in [0.2, 0.25) is 0 Å². The van der Waals surface area contributed by atoms with E-state index in [0.29, 0.717) is 5.75 Å². The maximum Gasteiger partial charge on any atom is 0.305 e. The lowest BCUT2D eigenvalue weighted by Crippen LogP contribution is -2.36. The van der Waals surface area contributed by atoms with Crippen LogP contribution in [0.15, 0.2) is 46.9 Å². The molecule has 0 aliphatic rings. The Kier molecular flexibility index (Phi) is 7.08. The molecule has 5 nitrogen and oxygen atoms in total. The number of carboxylic acids is 1. The fraction of sp³-hybridized carbons (Fsp3) is 0.222. The highest BCUT2D eigenvalue weighted by Crippen LogP contribution is 2.18. The van der Waals surface area contributed by atoms with Crippen molar-refractivity contribution < 1.29 is 28.2 Å². The number of ether oxygens (including phenoxy) is 1. The molecule has 2 aromatic carbocycles. The molecule has 1 amide bonds. The van der Waals surface area contributed by atoms with Crippen LogP contribution in [0.1, 0.15) is 12.0 Å². The molecule has 0 spiro atoms. The fourth-order valence-corrected chi connectivity index (χ4v) is 2.57. The molecule has 0 atom stereocenters. The van der Waals surface area contributed by atoms with Gasteiger partial charge in [-0.3, -0.25) is 9.59 Å². The van der Waals surface area contributed by atoms with Crippen molar-refractivity contribution in [3.05, 3.63) is 64.1 Å². The first kappa shape index (κ1) is 19.8. The molecule has 138 valence electrons. The maximum absolute atomic E-state index is 13.9. The Morgan fingerprint density at radius 1 is 1.15 bits per heavy atom. The van der Waals surface area contributed by atoms with Crippen LogP contribution >= 0.6 is 15.9 Å². The molecule has 0 saturated heterocycles. The molecule has 0 bridgehead atoms. The number of rotatable bonds is 8. The van der Waals surface area contributed by atoms with E-state index in [1.807, 2.05) is 0 Å². The van der Waals surface area contributed by atoms with Gasteiger partial charge in [0.15, 0.2) is 18.2 Å². The Balaban J connectivity index is 2.08. The zero-order chi connectivity index (χ0) is 19.1. The number of hydrogen-bond acceptors (Lipinski definition) is 3. The number of carboxylic acid groups (broad SMARTS) is 1. The minimum Gasteiger partial charge on any atom is -0.484 e. The number of carbonyl (C=O) groups excluding carboxylic acids is 1. The normalized spacial score (nSPS) is 10.4. The predicted octanol–water partition coefficient (Wildman–Crippen LogP) is 3.61. The van der Waals surface area contributed by atoms with Gasteiger partial charge in [0.25, 0.3) is 5.91 Å². The van der Waals surface area contributed by atoms with Gasteiger partial charge >= 0.3 is 5.97 Å². The highest BCUT2D eigenvalue weighted by molar-refractivity contribution is 9.10. The van der Waals surface area contributed by atoms with Gasteiger partial charge in [-0.15, -0.1) is 0 Å². The molecule has 2 aromatic rings. The molecular weight excluding hydrogens is 412 g/mol. The van der Waals surface area contributed by atoms with E-state index in [-0.39, 0.29) is 31.7 Å². The second-order valence-corrected chi connectivity index (χ2v) is 6.33. The topological polar surface area (TPSA) is 66.8 Å². The van der Waals surface area contributed by atoms with Crippen molar-refractivity contribution in [3.63, 3.8) is 0 Å². The zero-order valence-corrected chi connectivity index (χ0v) is 15.2. The largest absolute Gasteiger partial charge is 0.484 e. The summed E-state index contributed by atoms with van der Waals surface area (Å²) >= 11 is 3.28. The van der Waals surface area contributed by atoms with Crippen molar-refractivity contribution in [2.75, 3.05) is 13.2 Å². The molecule has 0 radical (unpaired) electrons. The number of halogens is 3. The van der Waals surface area contributed by atoms with E-state index in [4.69, 9.17) is 9.84 Å². The lowest BCUT2D eigenvalue weighted by molar-refractivity contribution is -0.139. The minimum atomic E-state index is -1.10. The third-order valence-corrected chi connectivity index (χ3v) is 3.99. The average molecular weight is 428 g/mol. The third kappa shape index (κ3) is 5.80. The fourth-order valence-electron chi connectivity index (χ4n) is 2.19. The van der Waals surface area contributed by atoms with Crippen LogP contribution in [-0.2, 0) is 16.1 Å². The molecule has 0 aliphatic carbocycles. The highest BCUT2D eigenvalue weighted by Gasteiger charge is 2.19. The summed E-state index contributed by atoms with van der Waals surface area (Å²) in [7, 11) is 0. The molecule has 0 fully saturated rings. The second kappa shape index (κ2) is 9.28. The number of benzene rings is 2. The summed E-state index contributed by atoms with van der Waals surface area (Å²) in [6.45, 7) is -0.753. The lowest BCUT2D eigenvalue weighted by atomic mass is 10.2. The molecule has 2 rings (SSSR count). The first-order valence-electron chi connectivity index (χ1n) is 7.67. The first-order chi connectivity index (χ1) is 12.4. The van der Waals surface area contributed by atoms with Crippen molar-refractivity contribution in [3.8, 4) is 5.75 Å². The number of nitrogens with zero attached hydrogens (tertiary/aromatic N) is 1. The zero-order valence-electron chi connectivity index (χ0n) is 13.6. The maximum atomic E-state index is 13.9. The molecule has 1 N–H and O–H groups in total. The van der Waals surface area contributed by atoms with Gasteiger partial charge in [0, 0.05) is 23.1 Å². The van der Waals surface area contributed by atoms with E-state index in [1.54, 1.807) is 24.3 Å². The average Bonchev–Trinajstić information content (AvgIpc) is 2.60. The van der Waals surface area contributed by atoms with Crippen molar-refractivity contribution in [2.45, 2.75) is 13.0 Å². The molecule has 26 heavy (non-hydrogen) atoms. The van der Waals surface area contributed by atoms with Crippen LogP contribution in [0.25, 0.3) is 0 Å². The van der Waals surface area contributed by atoms with Gasteiger partial charge in [0.05, 0.1) is 6.42 Å². The molecule has 8 heteroatoms. The lowest BCUT2D eigenvalue weighted by Gasteiger charge is -2.22. The van der Waals surface area contributed by atoms with Crippen LogP contribution in [-0.4, -0.2) is 35.0 Å². The van der Waals surface area contributed by atoms with Gasteiger partial charge in [-0.25, -0.2) is 8.78 Å².